The first-order valence-electron chi connectivity index (χ1n) is 8.44. The van der Waals surface area contributed by atoms with Gasteiger partial charge < -0.3 is 9.67 Å². The van der Waals surface area contributed by atoms with Crippen LogP contribution in [0, 0.1) is 5.92 Å². The molecule has 22 heavy (non-hydrogen) atoms. The predicted molar refractivity (Wildman–Crippen MR) is 84.4 cm³/mol. The highest BCUT2D eigenvalue weighted by Crippen LogP contribution is 2.44. The number of aromatic nitrogens is 4. The van der Waals surface area contributed by atoms with E-state index in [9.17, 15) is 5.11 Å². The number of aliphatic hydroxyl groups is 1. The lowest BCUT2D eigenvalue weighted by atomic mass is 9.87. The van der Waals surface area contributed by atoms with Crippen LogP contribution in [0.1, 0.15) is 50.1 Å². The maximum atomic E-state index is 9.68. The van der Waals surface area contributed by atoms with Crippen molar-refractivity contribution in [1.29, 1.82) is 0 Å². The van der Waals surface area contributed by atoms with Gasteiger partial charge in [-0.05, 0) is 50.5 Å². The van der Waals surface area contributed by atoms with E-state index < -0.39 is 0 Å². The number of imidazole rings is 1. The molecule has 118 valence electrons. The summed E-state index contributed by atoms with van der Waals surface area (Å²) in [6.45, 7) is 1.05. The summed E-state index contributed by atoms with van der Waals surface area (Å²) in [6.07, 6.45) is 10.5. The summed E-state index contributed by atoms with van der Waals surface area (Å²) >= 11 is 0. The summed E-state index contributed by atoms with van der Waals surface area (Å²) in [4.78, 5) is 4.71. The molecule has 5 heteroatoms. The van der Waals surface area contributed by atoms with Crippen LogP contribution in [0.25, 0.3) is 11.4 Å². The SMILES string of the molecule is Cn1nccc1-c1ncn(CC2CCC(O)CC2)c1C1CC1. The molecule has 2 aliphatic carbocycles. The Morgan fingerprint density at radius 1 is 1.18 bits per heavy atom. The number of hydrogen-bond acceptors (Lipinski definition) is 3. The Kier molecular flexibility index (Phi) is 3.53. The minimum absolute atomic E-state index is 0.0769. The van der Waals surface area contributed by atoms with Crippen LogP contribution in [0.2, 0.25) is 0 Å². The third-order valence-corrected chi connectivity index (χ3v) is 5.18. The molecular weight excluding hydrogens is 276 g/mol. The van der Waals surface area contributed by atoms with Gasteiger partial charge in [0.25, 0.3) is 0 Å². The van der Waals surface area contributed by atoms with Gasteiger partial charge in [0, 0.05) is 31.4 Å². The van der Waals surface area contributed by atoms with Gasteiger partial charge in [0.05, 0.1) is 18.1 Å². The molecule has 1 N–H and O–H groups in total. The van der Waals surface area contributed by atoms with Crippen molar-refractivity contribution in [1.82, 2.24) is 19.3 Å². The van der Waals surface area contributed by atoms with Gasteiger partial charge in [0.15, 0.2) is 0 Å². The van der Waals surface area contributed by atoms with Crippen molar-refractivity contribution in [2.45, 2.75) is 57.1 Å². The van der Waals surface area contributed by atoms with Crippen molar-refractivity contribution in [2.75, 3.05) is 0 Å². The molecule has 2 saturated carbocycles. The van der Waals surface area contributed by atoms with Crippen LogP contribution in [-0.4, -0.2) is 30.5 Å². The van der Waals surface area contributed by atoms with E-state index in [1.165, 1.54) is 18.5 Å². The highest BCUT2D eigenvalue weighted by Gasteiger charge is 2.32. The first kappa shape index (κ1) is 14.0. The van der Waals surface area contributed by atoms with Crippen LogP contribution in [0.4, 0.5) is 0 Å². The van der Waals surface area contributed by atoms with E-state index in [1.54, 1.807) is 0 Å². The molecule has 5 nitrogen and oxygen atoms in total. The molecule has 0 amide bonds. The molecule has 2 aliphatic rings. The van der Waals surface area contributed by atoms with Gasteiger partial charge in [-0.15, -0.1) is 0 Å². The molecule has 0 atom stereocenters. The van der Waals surface area contributed by atoms with Crippen LogP contribution in [0.15, 0.2) is 18.6 Å². The Balaban J connectivity index is 1.60. The number of aryl methyl sites for hydroxylation is 1. The molecule has 0 saturated heterocycles. The van der Waals surface area contributed by atoms with Crippen molar-refractivity contribution in [2.24, 2.45) is 13.0 Å². The third kappa shape index (κ3) is 2.58. The molecule has 0 spiro atoms. The zero-order chi connectivity index (χ0) is 15.1. The largest absolute Gasteiger partial charge is 0.393 e. The lowest BCUT2D eigenvalue weighted by molar-refractivity contribution is 0.104. The van der Waals surface area contributed by atoms with Gasteiger partial charge in [-0.25, -0.2) is 4.98 Å². The average molecular weight is 300 g/mol. The lowest BCUT2D eigenvalue weighted by Crippen LogP contribution is -2.22. The van der Waals surface area contributed by atoms with E-state index in [4.69, 9.17) is 4.98 Å². The van der Waals surface area contributed by atoms with Crippen molar-refractivity contribution < 1.29 is 5.11 Å². The van der Waals surface area contributed by atoms with E-state index in [1.807, 2.05) is 24.3 Å². The van der Waals surface area contributed by atoms with Crippen molar-refractivity contribution in [3.05, 3.63) is 24.3 Å². The Morgan fingerprint density at radius 3 is 2.59 bits per heavy atom. The minimum atomic E-state index is -0.0769. The smallest absolute Gasteiger partial charge is 0.110 e. The molecule has 2 aromatic rings. The molecule has 2 aromatic heterocycles. The lowest BCUT2D eigenvalue weighted by Gasteiger charge is -2.26. The van der Waals surface area contributed by atoms with E-state index in [-0.39, 0.29) is 6.10 Å². The monoisotopic (exact) mass is 300 g/mol. The maximum Gasteiger partial charge on any atom is 0.110 e. The molecule has 0 aliphatic heterocycles. The fourth-order valence-corrected chi connectivity index (χ4v) is 3.73. The molecule has 4 rings (SSSR count). The van der Waals surface area contributed by atoms with Gasteiger partial charge >= 0.3 is 0 Å². The van der Waals surface area contributed by atoms with Crippen LogP contribution in [0.5, 0.6) is 0 Å². The standard InChI is InChI=1S/C17H24N4O/c1-20-15(8-9-19-20)16-17(13-4-5-13)21(11-18-16)10-12-2-6-14(22)7-3-12/h8-9,11-14,22H,2-7,10H2,1H3. The average Bonchev–Trinajstić information content (AvgIpc) is 3.14. The number of rotatable bonds is 4. The Bertz CT molecular complexity index is 647. The fourth-order valence-electron chi connectivity index (χ4n) is 3.73. The molecule has 2 heterocycles. The minimum Gasteiger partial charge on any atom is -0.393 e. The summed E-state index contributed by atoms with van der Waals surface area (Å²) in [6, 6.07) is 2.05. The van der Waals surface area contributed by atoms with Gasteiger partial charge in [-0.2, -0.15) is 5.10 Å². The summed E-state index contributed by atoms with van der Waals surface area (Å²) in [7, 11) is 1.98. The summed E-state index contributed by atoms with van der Waals surface area (Å²) in [5.41, 5.74) is 3.62. The number of aliphatic hydroxyl groups excluding tert-OH is 1. The highest BCUT2D eigenvalue weighted by atomic mass is 16.3. The summed E-state index contributed by atoms with van der Waals surface area (Å²) in [5.74, 6) is 1.34. The van der Waals surface area contributed by atoms with Crippen LogP contribution >= 0.6 is 0 Å². The van der Waals surface area contributed by atoms with Gasteiger partial charge in [-0.3, -0.25) is 4.68 Å². The van der Waals surface area contributed by atoms with Crippen molar-refractivity contribution >= 4 is 0 Å². The molecule has 0 aromatic carbocycles. The molecule has 2 fully saturated rings. The number of hydrogen-bond donors (Lipinski definition) is 1. The summed E-state index contributed by atoms with van der Waals surface area (Å²) in [5, 5.41) is 14.0. The Morgan fingerprint density at radius 2 is 1.95 bits per heavy atom. The maximum absolute atomic E-state index is 9.68. The quantitative estimate of drug-likeness (QED) is 0.944. The van der Waals surface area contributed by atoms with E-state index >= 15 is 0 Å². The Hall–Kier alpha value is -1.62. The number of nitrogens with zero attached hydrogens (tertiary/aromatic N) is 4. The topological polar surface area (TPSA) is 55.9 Å². The highest BCUT2D eigenvalue weighted by molar-refractivity contribution is 5.59. The van der Waals surface area contributed by atoms with Gasteiger partial charge in [0.1, 0.15) is 5.69 Å². The first-order chi connectivity index (χ1) is 10.7. The third-order valence-electron chi connectivity index (χ3n) is 5.18. The zero-order valence-electron chi connectivity index (χ0n) is 13.1. The second-order valence-corrected chi connectivity index (χ2v) is 6.92. The van der Waals surface area contributed by atoms with Gasteiger partial charge in [-0.1, -0.05) is 0 Å². The first-order valence-corrected chi connectivity index (χ1v) is 8.44. The second kappa shape index (κ2) is 5.54. The molecule has 0 unspecified atom stereocenters. The molecule has 0 bridgehead atoms. The van der Waals surface area contributed by atoms with E-state index in [0.717, 1.165) is 43.6 Å². The Labute approximate surface area is 131 Å². The van der Waals surface area contributed by atoms with Crippen molar-refractivity contribution in [3.63, 3.8) is 0 Å². The second-order valence-electron chi connectivity index (χ2n) is 6.92. The predicted octanol–water partition coefficient (Wildman–Crippen LogP) is 2.71. The fraction of sp³-hybridized carbons (Fsp3) is 0.647. The van der Waals surface area contributed by atoms with Gasteiger partial charge in [0.2, 0.25) is 0 Å². The molecule has 0 radical (unpaired) electrons. The summed E-state index contributed by atoms with van der Waals surface area (Å²) < 4.78 is 4.29. The van der Waals surface area contributed by atoms with E-state index in [2.05, 4.69) is 15.7 Å². The van der Waals surface area contributed by atoms with Crippen LogP contribution in [0.3, 0.4) is 0 Å². The van der Waals surface area contributed by atoms with Crippen molar-refractivity contribution in [3.8, 4) is 11.4 Å². The zero-order valence-corrected chi connectivity index (χ0v) is 13.1. The van der Waals surface area contributed by atoms with Crippen LogP contribution < -0.4 is 0 Å². The van der Waals surface area contributed by atoms with Crippen LogP contribution in [-0.2, 0) is 13.6 Å². The molecular formula is C17H24N4O. The normalized spacial score (nSPS) is 25.5. The van der Waals surface area contributed by atoms with E-state index in [0.29, 0.717) is 11.8 Å².